The van der Waals surface area contributed by atoms with E-state index in [1.54, 1.807) is 0 Å². The predicted octanol–water partition coefficient (Wildman–Crippen LogP) is 1.74. The molecule has 0 atom stereocenters. The molecule has 0 spiro atoms. The van der Waals surface area contributed by atoms with Crippen molar-refractivity contribution in [3.05, 3.63) is 17.8 Å². The van der Waals surface area contributed by atoms with Crippen LogP contribution in [0.1, 0.15) is 36.0 Å². The van der Waals surface area contributed by atoms with Gasteiger partial charge in [-0.25, -0.2) is 9.78 Å². The number of carboxylic acid groups (broad SMARTS) is 1. The zero-order chi connectivity index (χ0) is 12.7. The van der Waals surface area contributed by atoms with Gasteiger partial charge in [0.15, 0.2) is 5.82 Å². The summed E-state index contributed by atoms with van der Waals surface area (Å²) >= 11 is 0. The second-order valence-corrected chi connectivity index (χ2v) is 5.23. The maximum absolute atomic E-state index is 11.1. The van der Waals surface area contributed by atoms with Gasteiger partial charge in [-0.2, -0.15) is 0 Å². The number of hydrogen-bond acceptors (Lipinski definition) is 4. The minimum absolute atomic E-state index is 0.154. The lowest BCUT2D eigenvalue weighted by Crippen LogP contribution is -2.30. The third-order valence-corrected chi connectivity index (χ3v) is 3.61. The highest BCUT2D eigenvalue weighted by Gasteiger charge is 2.35. The van der Waals surface area contributed by atoms with Crippen molar-refractivity contribution in [2.45, 2.75) is 31.7 Å². The quantitative estimate of drug-likeness (QED) is 0.828. The maximum atomic E-state index is 11.1. The van der Waals surface area contributed by atoms with Crippen LogP contribution in [-0.4, -0.2) is 28.6 Å². The van der Waals surface area contributed by atoms with Gasteiger partial charge >= 0.3 is 5.97 Å². The van der Waals surface area contributed by atoms with Crippen LogP contribution < -0.4 is 10.6 Å². The third kappa shape index (κ3) is 2.12. The smallest absolute Gasteiger partial charge is 0.337 e. The topological polar surface area (TPSA) is 79.5 Å². The van der Waals surface area contributed by atoms with E-state index in [2.05, 4.69) is 9.88 Å². The second-order valence-electron chi connectivity index (χ2n) is 5.23. The van der Waals surface area contributed by atoms with Gasteiger partial charge in [0.1, 0.15) is 0 Å². The fourth-order valence-corrected chi connectivity index (χ4v) is 2.25. The molecule has 3 rings (SSSR count). The van der Waals surface area contributed by atoms with Crippen LogP contribution in [-0.2, 0) is 0 Å². The van der Waals surface area contributed by atoms with Crippen LogP contribution in [0.25, 0.3) is 0 Å². The summed E-state index contributed by atoms with van der Waals surface area (Å²) in [6, 6.07) is 1.97. The first-order valence-corrected chi connectivity index (χ1v) is 6.41. The van der Waals surface area contributed by atoms with Crippen LogP contribution >= 0.6 is 0 Å². The number of nitrogen functional groups attached to an aromatic ring is 1. The molecule has 2 aliphatic carbocycles. The molecule has 1 aromatic heterocycles. The van der Waals surface area contributed by atoms with Gasteiger partial charge in [0.05, 0.1) is 11.3 Å². The Balaban J connectivity index is 1.92. The Morgan fingerprint density at radius 2 is 2.17 bits per heavy atom. The molecule has 0 saturated heterocycles. The van der Waals surface area contributed by atoms with Gasteiger partial charge in [-0.05, 0) is 37.7 Å². The van der Waals surface area contributed by atoms with Gasteiger partial charge in [0, 0.05) is 18.8 Å². The summed E-state index contributed by atoms with van der Waals surface area (Å²) in [5.41, 5.74) is 6.42. The highest BCUT2D eigenvalue weighted by Crippen LogP contribution is 2.39. The lowest BCUT2D eigenvalue weighted by Gasteiger charge is -2.25. The number of nitrogens with two attached hydrogens (primary N) is 1. The molecule has 2 aliphatic rings. The zero-order valence-corrected chi connectivity index (χ0v) is 10.2. The number of anilines is 2. The molecule has 2 fully saturated rings. The molecule has 0 aromatic carbocycles. The third-order valence-electron chi connectivity index (χ3n) is 3.61. The number of nitrogens with zero attached hydrogens (tertiary/aromatic N) is 2. The first-order valence-electron chi connectivity index (χ1n) is 6.41. The van der Waals surface area contributed by atoms with Crippen LogP contribution in [0.15, 0.2) is 12.3 Å². The first-order chi connectivity index (χ1) is 8.66. The molecule has 0 bridgehead atoms. The van der Waals surface area contributed by atoms with Crippen molar-refractivity contribution in [1.29, 1.82) is 0 Å². The molecular formula is C13H17N3O2. The monoisotopic (exact) mass is 247 g/mol. The summed E-state index contributed by atoms with van der Waals surface area (Å²) in [7, 11) is 0. The van der Waals surface area contributed by atoms with Crippen molar-refractivity contribution in [2.75, 3.05) is 17.2 Å². The Bertz CT molecular complexity index is 481. The molecule has 0 unspecified atom stereocenters. The largest absolute Gasteiger partial charge is 0.478 e. The minimum atomic E-state index is -0.988. The van der Waals surface area contributed by atoms with Crippen LogP contribution in [0.5, 0.6) is 0 Å². The molecule has 0 aliphatic heterocycles. The molecule has 0 amide bonds. The molecule has 5 nitrogen and oxygen atoms in total. The first kappa shape index (κ1) is 11.3. The molecule has 2 saturated carbocycles. The van der Waals surface area contributed by atoms with Crippen LogP contribution in [0.3, 0.4) is 0 Å². The SMILES string of the molecule is Nc1c(C(=O)O)ccnc1N(CC1CC1)C1CC1. The summed E-state index contributed by atoms with van der Waals surface area (Å²) in [5.74, 6) is 0.405. The number of carbonyl (C=O) groups is 1. The van der Waals surface area contributed by atoms with E-state index in [4.69, 9.17) is 10.8 Å². The van der Waals surface area contributed by atoms with Crippen molar-refractivity contribution >= 4 is 17.5 Å². The Hall–Kier alpha value is -1.78. The van der Waals surface area contributed by atoms with Crippen LogP contribution in [0.4, 0.5) is 11.5 Å². The summed E-state index contributed by atoms with van der Waals surface area (Å²) in [5, 5.41) is 9.09. The van der Waals surface area contributed by atoms with Crippen LogP contribution in [0.2, 0.25) is 0 Å². The molecule has 0 radical (unpaired) electrons. The van der Waals surface area contributed by atoms with Crippen molar-refractivity contribution in [1.82, 2.24) is 4.98 Å². The van der Waals surface area contributed by atoms with E-state index in [1.807, 2.05) is 0 Å². The Morgan fingerprint density at radius 1 is 1.44 bits per heavy atom. The van der Waals surface area contributed by atoms with Crippen molar-refractivity contribution < 1.29 is 9.90 Å². The average molecular weight is 247 g/mol. The van der Waals surface area contributed by atoms with Gasteiger partial charge in [0.25, 0.3) is 0 Å². The van der Waals surface area contributed by atoms with E-state index in [1.165, 1.54) is 25.1 Å². The molecule has 18 heavy (non-hydrogen) atoms. The molecule has 96 valence electrons. The van der Waals surface area contributed by atoms with E-state index in [9.17, 15) is 4.79 Å². The van der Waals surface area contributed by atoms with Crippen LogP contribution in [0, 0.1) is 5.92 Å². The number of rotatable bonds is 5. The Kier molecular flexibility index (Phi) is 2.61. The summed E-state index contributed by atoms with van der Waals surface area (Å²) < 4.78 is 0. The fraction of sp³-hybridized carbons (Fsp3) is 0.538. The molecule has 1 heterocycles. The molecule has 5 heteroatoms. The Labute approximate surface area is 106 Å². The fourth-order valence-electron chi connectivity index (χ4n) is 2.25. The zero-order valence-electron chi connectivity index (χ0n) is 10.2. The lowest BCUT2D eigenvalue weighted by atomic mass is 10.2. The van der Waals surface area contributed by atoms with Gasteiger partial charge in [-0.15, -0.1) is 0 Å². The number of pyridine rings is 1. The predicted molar refractivity (Wildman–Crippen MR) is 68.7 cm³/mol. The molecule has 1 aromatic rings. The average Bonchev–Trinajstić information content (AvgIpc) is 3.19. The number of aromatic carboxylic acids is 1. The molecule has 3 N–H and O–H groups in total. The summed E-state index contributed by atoms with van der Waals surface area (Å²) in [6.07, 6.45) is 6.39. The summed E-state index contributed by atoms with van der Waals surface area (Å²) in [6.45, 7) is 0.963. The normalized spacial score (nSPS) is 18.7. The van der Waals surface area contributed by atoms with Crippen molar-refractivity contribution in [3.63, 3.8) is 0 Å². The maximum Gasteiger partial charge on any atom is 0.337 e. The second kappa shape index (κ2) is 4.15. The number of hydrogen-bond donors (Lipinski definition) is 2. The van der Waals surface area contributed by atoms with Gasteiger partial charge in [-0.1, -0.05) is 0 Å². The lowest BCUT2D eigenvalue weighted by molar-refractivity contribution is 0.0698. The van der Waals surface area contributed by atoms with E-state index in [0.29, 0.717) is 17.5 Å². The van der Waals surface area contributed by atoms with E-state index in [0.717, 1.165) is 25.3 Å². The summed E-state index contributed by atoms with van der Waals surface area (Å²) in [4.78, 5) is 17.6. The minimum Gasteiger partial charge on any atom is -0.478 e. The van der Waals surface area contributed by atoms with Crippen molar-refractivity contribution in [2.24, 2.45) is 5.92 Å². The van der Waals surface area contributed by atoms with Gasteiger partial charge in [-0.3, -0.25) is 0 Å². The molecular weight excluding hydrogens is 230 g/mol. The van der Waals surface area contributed by atoms with E-state index < -0.39 is 5.97 Å². The standard InChI is InChI=1S/C13H17N3O2/c14-11-10(13(17)18)5-6-15-12(11)16(9-3-4-9)7-8-1-2-8/h5-6,8-9H,1-4,7,14H2,(H,17,18). The van der Waals surface area contributed by atoms with Crippen molar-refractivity contribution in [3.8, 4) is 0 Å². The number of carboxylic acids is 1. The Morgan fingerprint density at radius 3 is 2.72 bits per heavy atom. The van der Waals surface area contributed by atoms with Gasteiger partial charge in [0.2, 0.25) is 0 Å². The van der Waals surface area contributed by atoms with E-state index >= 15 is 0 Å². The highest BCUT2D eigenvalue weighted by molar-refractivity contribution is 5.96. The van der Waals surface area contributed by atoms with Gasteiger partial charge < -0.3 is 15.7 Å². The number of aromatic nitrogens is 1. The highest BCUT2D eigenvalue weighted by atomic mass is 16.4. The van der Waals surface area contributed by atoms with E-state index in [-0.39, 0.29) is 5.56 Å².